The van der Waals surface area contributed by atoms with Gasteiger partial charge in [0.25, 0.3) is 5.91 Å². The second kappa shape index (κ2) is 5.64. The van der Waals surface area contributed by atoms with Gasteiger partial charge in [-0.2, -0.15) is 0 Å². The first-order valence-electron chi connectivity index (χ1n) is 7.11. The predicted molar refractivity (Wildman–Crippen MR) is 79.6 cm³/mol. The van der Waals surface area contributed by atoms with E-state index in [1.54, 1.807) is 19.0 Å². The highest BCUT2D eigenvalue weighted by atomic mass is 16.2. The molecule has 1 aromatic carbocycles. The minimum atomic E-state index is 0.0579. The van der Waals surface area contributed by atoms with Crippen LogP contribution in [0, 0.1) is 12.8 Å². The molecule has 0 radical (unpaired) electrons. The van der Waals surface area contributed by atoms with Crippen molar-refractivity contribution in [2.45, 2.75) is 39.2 Å². The minimum Gasteiger partial charge on any atom is -0.382 e. The zero-order valence-corrected chi connectivity index (χ0v) is 12.4. The highest BCUT2D eigenvalue weighted by molar-refractivity contribution is 5.95. The van der Waals surface area contributed by atoms with E-state index in [9.17, 15) is 4.79 Å². The van der Waals surface area contributed by atoms with Gasteiger partial charge >= 0.3 is 0 Å². The summed E-state index contributed by atoms with van der Waals surface area (Å²) < 4.78 is 0. The molecule has 104 valence electrons. The lowest BCUT2D eigenvalue weighted by molar-refractivity contribution is 0.0827. The van der Waals surface area contributed by atoms with Crippen molar-refractivity contribution in [1.82, 2.24) is 4.90 Å². The number of aryl methyl sites for hydroxylation is 1. The fourth-order valence-electron chi connectivity index (χ4n) is 2.42. The van der Waals surface area contributed by atoms with Crippen molar-refractivity contribution < 1.29 is 4.79 Å². The van der Waals surface area contributed by atoms with Crippen LogP contribution < -0.4 is 5.32 Å². The summed E-state index contributed by atoms with van der Waals surface area (Å²) in [5.41, 5.74) is 3.06. The monoisotopic (exact) mass is 260 g/mol. The highest BCUT2D eigenvalue weighted by Crippen LogP contribution is 2.36. The van der Waals surface area contributed by atoms with Crippen molar-refractivity contribution in [2.75, 3.05) is 19.4 Å². The van der Waals surface area contributed by atoms with E-state index in [2.05, 4.69) is 19.2 Å². The molecule has 0 aliphatic heterocycles. The van der Waals surface area contributed by atoms with Crippen LogP contribution in [0.15, 0.2) is 18.2 Å². The minimum absolute atomic E-state index is 0.0579. The van der Waals surface area contributed by atoms with Crippen molar-refractivity contribution >= 4 is 11.6 Å². The number of nitrogens with one attached hydrogen (secondary N) is 1. The number of anilines is 1. The fourth-order valence-corrected chi connectivity index (χ4v) is 2.42. The first kappa shape index (κ1) is 13.9. The molecule has 3 nitrogen and oxygen atoms in total. The molecule has 0 bridgehead atoms. The summed E-state index contributed by atoms with van der Waals surface area (Å²) in [6.45, 7) is 4.31. The number of hydrogen-bond acceptors (Lipinski definition) is 2. The van der Waals surface area contributed by atoms with Gasteiger partial charge in [-0.05, 0) is 49.8 Å². The predicted octanol–water partition coefficient (Wildman–Crippen LogP) is 3.30. The first-order chi connectivity index (χ1) is 9.02. The van der Waals surface area contributed by atoms with Gasteiger partial charge in [0.1, 0.15) is 0 Å². The van der Waals surface area contributed by atoms with Crippen molar-refractivity contribution in [3.8, 4) is 0 Å². The Morgan fingerprint density at radius 2 is 2.11 bits per heavy atom. The molecule has 0 aromatic heterocycles. The summed E-state index contributed by atoms with van der Waals surface area (Å²) in [6.07, 6.45) is 3.80. The molecule has 0 heterocycles. The van der Waals surface area contributed by atoms with Gasteiger partial charge in [0.2, 0.25) is 0 Å². The molecule has 1 saturated carbocycles. The van der Waals surface area contributed by atoms with Crippen LogP contribution in [0.1, 0.15) is 42.1 Å². The second-order valence-electron chi connectivity index (χ2n) is 5.73. The number of rotatable bonds is 5. The van der Waals surface area contributed by atoms with Crippen LogP contribution in [0.2, 0.25) is 0 Å². The summed E-state index contributed by atoms with van der Waals surface area (Å²) in [7, 11) is 3.57. The number of amides is 1. The van der Waals surface area contributed by atoms with Crippen LogP contribution in [0.25, 0.3) is 0 Å². The molecule has 2 rings (SSSR count). The molecule has 0 saturated heterocycles. The lowest BCUT2D eigenvalue weighted by Crippen LogP contribution is -2.23. The molecule has 1 aliphatic rings. The van der Waals surface area contributed by atoms with Crippen LogP contribution in [-0.2, 0) is 0 Å². The molecule has 1 aliphatic carbocycles. The third kappa shape index (κ3) is 3.28. The largest absolute Gasteiger partial charge is 0.382 e. The fraction of sp³-hybridized carbons (Fsp3) is 0.562. The third-order valence-electron chi connectivity index (χ3n) is 3.86. The number of carbonyl (C=O) groups is 1. The average Bonchev–Trinajstić information content (AvgIpc) is 3.21. The number of hydrogen-bond donors (Lipinski definition) is 1. The Hall–Kier alpha value is -1.51. The van der Waals surface area contributed by atoms with E-state index < -0.39 is 0 Å². The summed E-state index contributed by atoms with van der Waals surface area (Å²) in [4.78, 5) is 13.6. The molecule has 1 amide bonds. The standard InChI is InChI=1S/C16H24N2O/c1-5-14(12-8-9-12)17-15-10-13(7-6-11(15)2)16(19)18(3)4/h6-7,10,12,14,17H,5,8-9H2,1-4H3. The molecule has 19 heavy (non-hydrogen) atoms. The van der Waals surface area contributed by atoms with Crippen molar-refractivity contribution in [1.29, 1.82) is 0 Å². The van der Waals surface area contributed by atoms with Gasteiger partial charge in [0.05, 0.1) is 0 Å². The number of nitrogens with zero attached hydrogens (tertiary/aromatic N) is 1. The zero-order valence-electron chi connectivity index (χ0n) is 12.4. The number of carbonyl (C=O) groups excluding carboxylic acids is 1. The van der Waals surface area contributed by atoms with E-state index >= 15 is 0 Å². The zero-order chi connectivity index (χ0) is 14.0. The van der Waals surface area contributed by atoms with Gasteiger partial charge in [-0.15, -0.1) is 0 Å². The Morgan fingerprint density at radius 1 is 1.42 bits per heavy atom. The van der Waals surface area contributed by atoms with Gasteiger partial charge in [0.15, 0.2) is 0 Å². The van der Waals surface area contributed by atoms with Crippen molar-refractivity contribution in [2.24, 2.45) is 5.92 Å². The molecule has 1 unspecified atom stereocenters. The van der Waals surface area contributed by atoms with Crippen LogP contribution in [0.3, 0.4) is 0 Å². The Labute approximate surface area is 116 Å². The maximum Gasteiger partial charge on any atom is 0.253 e. The molecule has 1 N–H and O–H groups in total. The Kier molecular flexibility index (Phi) is 4.13. The first-order valence-corrected chi connectivity index (χ1v) is 7.11. The van der Waals surface area contributed by atoms with Gasteiger partial charge < -0.3 is 10.2 Å². The van der Waals surface area contributed by atoms with E-state index in [0.717, 1.165) is 23.6 Å². The van der Waals surface area contributed by atoms with E-state index in [0.29, 0.717) is 6.04 Å². The van der Waals surface area contributed by atoms with E-state index in [1.165, 1.54) is 18.4 Å². The molecule has 0 spiro atoms. The molecule has 1 fully saturated rings. The Morgan fingerprint density at radius 3 is 2.63 bits per heavy atom. The summed E-state index contributed by atoms with van der Waals surface area (Å²) in [6, 6.07) is 6.46. The molecular formula is C16H24N2O. The van der Waals surface area contributed by atoms with Crippen LogP contribution in [0.4, 0.5) is 5.69 Å². The average molecular weight is 260 g/mol. The third-order valence-corrected chi connectivity index (χ3v) is 3.86. The summed E-state index contributed by atoms with van der Waals surface area (Å²) >= 11 is 0. The maximum atomic E-state index is 12.0. The van der Waals surface area contributed by atoms with E-state index in [4.69, 9.17) is 0 Å². The van der Waals surface area contributed by atoms with Crippen molar-refractivity contribution in [3.63, 3.8) is 0 Å². The van der Waals surface area contributed by atoms with Crippen LogP contribution in [-0.4, -0.2) is 30.9 Å². The molecule has 3 heteroatoms. The summed E-state index contributed by atoms with van der Waals surface area (Å²) in [5.74, 6) is 0.875. The smallest absolute Gasteiger partial charge is 0.253 e. The van der Waals surface area contributed by atoms with Crippen molar-refractivity contribution in [3.05, 3.63) is 29.3 Å². The molecular weight excluding hydrogens is 236 g/mol. The van der Waals surface area contributed by atoms with E-state index in [-0.39, 0.29) is 5.91 Å². The van der Waals surface area contributed by atoms with Crippen LogP contribution >= 0.6 is 0 Å². The van der Waals surface area contributed by atoms with Gasteiger partial charge in [-0.3, -0.25) is 4.79 Å². The second-order valence-corrected chi connectivity index (χ2v) is 5.73. The van der Waals surface area contributed by atoms with Crippen LogP contribution in [0.5, 0.6) is 0 Å². The Bertz CT molecular complexity index is 464. The quantitative estimate of drug-likeness (QED) is 0.881. The molecule has 1 atom stereocenters. The lowest BCUT2D eigenvalue weighted by Gasteiger charge is -2.20. The molecule has 1 aromatic rings. The Balaban J connectivity index is 2.19. The maximum absolute atomic E-state index is 12.0. The van der Waals surface area contributed by atoms with Gasteiger partial charge in [0, 0.05) is 31.4 Å². The SMILES string of the molecule is CCC(Nc1cc(C(=O)N(C)C)ccc1C)C1CC1. The summed E-state index contributed by atoms with van der Waals surface area (Å²) in [5, 5.41) is 3.62. The van der Waals surface area contributed by atoms with E-state index in [1.807, 2.05) is 18.2 Å². The highest BCUT2D eigenvalue weighted by Gasteiger charge is 2.30. The normalized spacial score (nSPS) is 16.0. The van der Waals surface area contributed by atoms with Gasteiger partial charge in [-0.1, -0.05) is 13.0 Å². The number of benzene rings is 1. The topological polar surface area (TPSA) is 32.3 Å². The van der Waals surface area contributed by atoms with Gasteiger partial charge in [-0.25, -0.2) is 0 Å². The lowest BCUT2D eigenvalue weighted by atomic mass is 10.1.